The van der Waals surface area contributed by atoms with Crippen molar-refractivity contribution in [2.24, 2.45) is 5.10 Å². The van der Waals surface area contributed by atoms with Gasteiger partial charge in [0.05, 0.1) is 6.21 Å². The minimum absolute atomic E-state index is 1.00. The monoisotopic (exact) mass is 407 g/mol. The maximum atomic E-state index is 6.12. The third-order valence-corrected chi connectivity index (χ3v) is 8.63. The molecule has 0 aromatic heterocycles. The molecule has 1 N–H and O–H groups in total. The summed E-state index contributed by atoms with van der Waals surface area (Å²) >= 11 is 6.12. The maximum Gasteiger partial charge on any atom is 0.106 e. The molecule has 0 aliphatic rings. The third kappa shape index (κ3) is 4.70. The molecule has 0 amide bonds. The van der Waals surface area contributed by atoms with Crippen LogP contribution in [0.5, 0.6) is 0 Å². The fourth-order valence-electron chi connectivity index (χ4n) is 3.09. The molecule has 3 aromatic carbocycles. The van der Waals surface area contributed by atoms with Crippen LogP contribution in [0, 0.1) is 0 Å². The van der Waals surface area contributed by atoms with Crippen molar-refractivity contribution in [1.82, 2.24) is 5.20 Å². The molecule has 0 aliphatic carbocycles. The summed E-state index contributed by atoms with van der Waals surface area (Å²) < 4.78 is 0. The van der Waals surface area contributed by atoms with Gasteiger partial charge in [0.15, 0.2) is 0 Å². The molecule has 0 saturated carbocycles. The number of hydrazone groups is 1. The summed E-state index contributed by atoms with van der Waals surface area (Å²) in [5.41, 5.74) is 2.28. The number of nitrogens with zero attached hydrogens (tertiary/aromatic N) is 2. The van der Waals surface area contributed by atoms with Crippen LogP contribution in [0.4, 0.5) is 5.69 Å². The first-order valence-electron chi connectivity index (χ1n) is 9.54. The Morgan fingerprint density at radius 1 is 0.821 bits per heavy atom. The van der Waals surface area contributed by atoms with E-state index in [1.54, 1.807) is 0 Å². The molecule has 0 radical (unpaired) electrons. The Kier molecular flexibility index (Phi) is 7.02. The zero-order valence-electron chi connectivity index (χ0n) is 16.3. The average Bonchev–Trinajstić information content (AvgIpc) is 2.77. The largest absolute Gasteiger partial charge is 0.372 e. The summed E-state index contributed by atoms with van der Waals surface area (Å²) in [7, 11) is 0. The second-order valence-corrected chi connectivity index (χ2v) is 10.5. The van der Waals surface area contributed by atoms with Crippen LogP contribution >= 0.6 is 6.19 Å². The zero-order chi connectivity index (χ0) is 19.8. The average molecular weight is 408 g/mol. The third-order valence-electron chi connectivity index (χ3n) is 4.67. The number of benzene rings is 3. The summed E-state index contributed by atoms with van der Waals surface area (Å²) in [4.78, 5) is 2.32. The van der Waals surface area contributed by atoms with Gasteiger partial charge >= 0.3 is 0 Å². The van der Waals surface area contributed by atoms with E-state index in [1.165, 1.54) is 5.69 Å². The molecule has 0 atom stereocenters. The normalized spacial score (nSPS) is 11.5. The molecule has 3 rings (SSSR count). The molecular weight excluding hydrogens is 381 g/mol. The van der Waals surface area contributed by atoms with E-state index in [0.29, 0.717) is 0 Å². The van der Waals surface area contributed by atoms with Crippen molar-refractivity contribution < 1.29 is 0 Å². The Balaban J connectivity index is 1.82. The van der Waals surface area contributed by atoms with Gasteiger partial charge in [0.1, 0.15) is 6.19 Å². The molecule has 0 unspecified atom stereocenters. The van der Waals surface area contributed by atoms with Crippen molar-refractivity contribution in [1.29, 1.82) is 0 Å². The first-order chi connectivity index (χ1) is 13.7. The van der Waals surface area contributed by atoms with E-state index in [0.717, 1.165) is 29.3 Å². The molecule has 0 spiro atoms. The van der Waals surface area contributed by atoms with Crippen molar-refractivity contribution in [3.63, 3.8) is 0 Å². The molecule has 0 fully saturated rings. The van der Waals surface area contributed by atoms with Gasteiger partial charge in [-0.2, -0.15) is 5.10 Å². The van der Waals surface area contributed by atoms with Gasteiger partial charge in [-0.25, -0.2) is 0 Å². The number of anilines is 1. The molecule has 3 aromatic rings. The van der Waals surface area contributed by atoms with Crippen molar-refractivity contribution in [2.75, 3.05) is 18.0 Å². The number of hydrogen-bond acceptors (Lipinski definition) is 3. The lowest BCUT2D eigenvalue weighted by atomic mass is 10.2. The molecule has 0 saturated heterocycles. The van der Waals surface area contributed by atoms with E-state index in [4.69, 9.17) is 11.8 Å². The van der Waals surface area contributed by atoms with Crippen LogP contribution in [0.3, 0.4) is 0 Å². The Morgan fingerprint density at radius 3 is 1.79 bits per heavy atom. The maximum absolute atomic E-state index is 6.12. The number of rotatable bonds is 8. The van der Waals surface area contributed by atoms with Gasteiger partial charge in [-0.05, 0) is 31.5 Å². The molecule has 0 heterocycles. The summed E-state index contributed by atoms with van der Waals surface area (Å²) in [6.45, 7) is 6.34. The van der Waals surface area contributed by atoms with Crippen LogP contribution < -0.4 is 20.7 Å². The second kappa shape index (κ2) is 9.68. The summed E-state index contributed by atoms with van der Waals surface area (Å²) in [6.07, 6.45) is -0.373. The lowest BCUT2D eigenvalue weighted by Crippen LogP contribution is -2.24. The minimum atomic E-state index is -2.22. The lowest BCUT2D eigenvalue weighted by Gasteiger charge is -2.22. The van der Waals surface area contributed by atoms with Crippen LogP contribution in [-0.4, -0.2) is 19.3 Å². The standard InChI is InChI=1S/C23H26N3PS/c1-3-26(4-2)21-17-15-20(16-18-21)19-24-25-27(28,22-11-7-5-8-12-22)23-13-9-6-10-14-23/h5-19H,3-4H2,1-2H3,(H,25,28). The topological polar surface area (TPSA) is 27.6 Å². The van der Waals surface area contributed by atoms with E-state index < -0.39 is 6.19 Å². The Hall–Kier alpha value is -2.42. The first-order valence-corrected chi connectivity index (χ1v) is 12.3. The number of hydrogen-bond donors (Lipinski definition) is 1. The van der Waals surface area contributed by atoms with E-state index in [2.05, 4.69) is 77.6 Å². The Morgan fingerprint density at radius 2 is 1.32 bits per heavy atom. The van der Waals surface area contributed by atoms with Crippen molar-refractivity contribution in [2.45, 2.75) is 13.8 Å². The van der Waals surface area contributed by atoms with Gasteiger partial charge in [-0.15, -0.1) is 0 Å². The van der Waals surface area contributed by atoms with Crippen LogP contribution in [0.2, 0.25) is 0 Å². The van der Waals surface area contributed by atoms with Crippen LogP contribution in [-0.2, 0) is 11.8 Å². The predicted octanol–water partition coefficient (Wildman–Crippen LogP) is 4.50. The Labute approximate surface area is 173 Å². The van der Waals surface area contributed by atoms with Crippen LogP contribution in [0.25, 0.3) is 0 Å². The second-order valence-electron chi connectivity index (χ2n) is 6.40. The summed E-state index contributed by atoms with van der Waals surface area (Å²) in [6, 6.07) is 28.9. The fraction of sp³-hybridized carbons (Fsp3) is 0.174. The minimum Gasteiger partial charge on any atom is -0.372 e. The molecular formula is C23H26N3PS. The summed E-state index contributed by atoms with van der Waals surface area (Å²) in [5.74, 6) is 0. The van der Waals surface area contributed by atoms with E-state index >= 15 is 0 Å². The van der Waals surface area contributed by atoms with E-state index in [-0.39, 0.29) is 0 Å². The van der Waals surface area contributed by atoms with Gasteiger partial charge in [-0.3, -0.25) is 5.20 Å². The number of nitrogens with one attached hydrogen (secondary N) is 1. The highest BCUT2D eigenvalue weighted by molar-refractivity contribution is 8.20. The molecule has 5 heteroatoms. The molecule has 0 aliphatic heterocycles. The predicted molar refractivity (Wildman–Crippen MR) is 127 cm³/mol. The first kappa shape index (κ1) is 20.3. The SMILES string of the molecule is CCN(CC)c1ccc(C=NNP(=S)(c2ccccc2)c2ccccc2)cc1. The van der Waals surface area contributed by atoms with E-state index in [1.807, 2.05) is 42.6 Å². The summed E-state index contributed by atoms with van der Waals surface area (Å²) in [5, 5.41) is 10.1. The molecule has 0 bridgehead atoms. The molecule has 28 heavy (non-hydrogen) atoms. The van der Waals surface area contributed by atoms with Gasteiger partial charge in [0, 0.05) is 29.4 Å². The molecule has 144 valence electrons. The van der Waals surface area contributed by atoms with Crippen LogP contribution in [0.15, 0.2) is 90.0 Å². The highest BCUT2D eigenvalue weighted by Crippen LogP contribution is 2.38. The Bertz CT molecular complexity index is 893. The van der Waals surface area contributed by atoms with Gasteiger partial charge in [-0.1, -0.05) is 84.6 Å². The quantitative estimate of drug-likeness (QED) is 0.338. The smallest absolute Gasteiger partial charge is 0.106 e. The van der Waals surface area contributed by atoms with E-state index in [9.17, 15) is 0 Å². The van der Waals surface area contributed by atoms with Gasteiger partial charge in [0.2, 0.25) is 0 Å². The fourth-order valence-corrected chi connectivity index (χ4v) is 5.89. The highest BCUT2D eigenvalue weighted by Gasteiger charge is 2.21. The van der Waals surface area contributed by atoms with Gasteiger partial charge < -0.3 is 4.90 Å². The molecule has 3 nitrogen and oxygen atoms in total. The lowest BCUT2D eigenvalue weighted by molar-refractivity contribution is 0.866. The van der Waals surface area contributed by atoms with Gasteiger partial charge in [0.25, 0.3) is 0 Å². The van der Waals surface area contributed by atoms with Crippen molar-refractivity contribution in [3.8, 4) is 0 Å². The van der Waals surface area contributed by atoms with Crippen molar-refractivity contribution in [3.05, 3.63) is 90.5 Å². The zero-order valence-corrected chi connectivity index (χ0v) is 18.0. The van der Waals surface area contributed by atoms with Crippen molar-refractivity contribution >= 4 is 40.5 Å². The highest BCUT2D eigenvalue weighted by atomic mass is 32.4. The van der Waals surface area contributed by atoms with Crippen LogP contribution in [0.1, 0.15) is 19.4 Å².